The Labute approximate surface area is 128 Å². The van der Waals surface area contributed by atoms with E-state index in [4.69, 9.17) is 9.26 Å². The van der Waals surface area contributed by atoms with Crippen molar-refractivity contribution >= 4 is 5.91 Å². The Bertz CT molecular complexity index is 705. The molecule has 22 heavy (non-hydrogen) atoms. The van der Waals surface area contributed by atoms with E-state index in [9.17, 15) is 9.59 Å². The van der Waals surface area contributed by atoms with Crippen LogP contribution in [0.15, 0.2) is 33.7 Å². The number of methoxy groups -OCH3 is 1. The van der Waals surface area contributed by atoms with Crippen LogP contribution in [0.25, 0.3) is 0 Å². The number of ether oxygens (including phenoxy) is 1. The average molecular weight is 305 g/mol. The molecule has 0 radical (unpaired) electrons. The van der Waals surface area contributed by atoms with Crippen molar-refractivity contribution in [2.45, 2.75) is 26.4 Å². The molecule has 7 nitrogen and oxygen atoms in total. The first-order valence-corrected chi connectivity index (χ1v) is 6.97. The number of amides is 1. The molecule has 7 heteroatoms. The Morgan fingerprint density at radius 3 is 2.91 bits per heavy atom. The predicted molar refractivity (Wildman–Crippen MR) is 79.6 cm³/mol. The van der Waals surface area contributed by atoms with Gasteiger partial charge in [-0.2, -0.15) is 0 Å². The highest BCUT2D eigenvalue weighted by Crippen LogP contribution is 2.07. The molecule has 0 aliphatic carbocycles. The van der Waals surface area contributed by atoms with Crippen LogP contribution in [-0.4, -0.2) is 34.7 Å². The van der Waals surface area contributed by atoms with Crippen LogP contribution in [0.3, 0.4) is 0 Å². The highest BCUT2D eigenvalue weighted by molar-refractivity contribution is 5.75. The first kappa shape index (κ1) is 15.8. The summed E-state index contributed by atoms with van der Waals surface area (Å²) >= 11 is 0. The summed E-state index contributed by atoms with van der Waals surface area (Å²) in [4.78, 5) is 25.7. The van der Waals surface area contributed by atoms with Crippen molar-refractivity contribution in [2.75, 3.05) is 14.2 Å². The fourth-order valence-electron chi connectivity index (χ4n) is 1.98. The molecule has 0 atom stereocenters. The highest BCUT2D eigenvalue weighted by atomic mass is 16.5. The van der Waals surface area contributed by atoms with Crippen LogP contribution in [-0.2, 0) is 24.3 Å². The van der Waals surface area contributed by atoms with Gasteiger partial charge in [0.25, 0.3) is 5.56 Å². The van der Waals surface area contributed by atoms with Crippen LogP contribution in [0.4, 0.5) is 0 Å². The van der Waals surface area contributed by atoms with Gasteiger partial charge in [-0.1, -0.05) is 12.1 Å². The molecule has 2 aromatic heterocycles. The van der Waals surface area contributed by atoms with E-state index in [0.29, 0.717) is 12.3 Å². The Morgan fingerprint density at radius 1 is 1.50 bits per heavy atom. The van der Waals surface area contributed by atoms with Gasteiger partial charge in [0.15, 0.2) is 11.5 Å². The van der Waals surface area contributed by atoms with E-state index in [1.54, 1.807) is 25.4 Å². The number of carbonyl (C=O) groups is 1. The SMILES string of the molecule is CCc1cc(CN(C)C(=O)Cn2cccc(OC)c2=O)on1. The van der Waals surface area contributed by atoms with Crippen molar-refractivity contribution in [3.63, 3.8) is 0 Å². The summed E-state index contributed by atoms with van der Waals surface area (Å²) in [6.45, 7) is 2.23. The molecular weight excluding hydrogens is 286 g/mol. The van der Waals surface area contributed by atoms with Crippen molar-refractivity contribution in [2.24, 2.45) is 0 Å². The first-order valence-electron chi connectivity index (χ1n) is 6.97. The van der Waals surface area contributed by atoms with Crippen molar-refractivity contribution in [3.8, 4) is 5.75 Å². The van der Waals surface area contributed by atoms with Crippen molar-refractivity contribution in [1.29, 1.82) is 0 Å². The number of likely N-dealkylation sites (N-methyl/N-ethyl adjacent to an activating group) is 1. The van der Waals surface area contributed by atoms with Gasteiger partial charge in [0.05, 0.1) is 19.3 Å². The Hall–Kier alpha value is -2.57. The standard InChI is InChI=1S/C15H19N3O4/c1-4-11-8-12(22-16-11)9-17(2)14(19)10-18-7-5-6-13(21-3)15(18)20/h5-8H,4,9-10H2,1-3H3. The molecule has 0 aromatic carbocycles. The van der Waals surface area contributed by atoms with Crippen LogP contribution < -0.4 is 10.3 Å². The number of hydrogen-bond donors (Lipinski definition) is 0. The van der Waals surface area contributed by atoms with E-state index >= 15 is 0 Å². The van der Waals surface area contributed by atoms with E-state index in [2.05, 4.69) is 5.16 Å². The van der Waals surface area contributed by atoms with Gasteiger partial charge >= 0.3 is 0 Å². The summed E-state index contributed by atoms with van der Waals surface area (Å²) in [6, 6.07) is 5.05. The van der Waals surface area contributed by atoms with Crippen molar-refractivity contribution in [3.05, 3.63) is 46.2 Å². The lowest BCUT2D eigenvalue weighted by molar-refractivity contribution is -0.131. The molecule has 1 amide bonds. The Morgan fingerprint density at radius 2 is 2.27 bits per heavy atom. The maximum Gasteiger partial charge on any atom is 0.293 e. The average Bonchev–Trinajstić information content (AvgIpc) is 2.96. The van der Waals surface area contributed by atoms with Gasteiger partial charge in [0, 0.05) is 19.3 Å². The summed E-state index contributed by atoms with van der Waals surface area (Å²) < 4.78 is 11.4. The number of carbonyl (C=O) groups excluding carboxylic acids is 1. The van der Waals surface area contributed by atoms with Gasteiger partial charge in [0.2, 0.25) is 5.91 Å². The summed E-state index contributed by atoms with van der Waals surface area (Å²) in [5.41, 5.74) is 0.513. The summed E-state index contributed by atoms with van der Waals surface area (Å²) in [7, 11) is 3.08. The number of aromatic nitrogens is 2. The van der Waals surface area contributed by atoms with Gasteiger partial charge in [-0.05, 0) is 18.6 Å². The zero-order valence-corrected chi connectivity index (χ0v) is 12.9. The fraction of sp³-hybridized carbons (Fsp3) is 0.400. The molecule has 0 fully saturated rings. The van der Waals surface area contributed by atoms with Gasteiger partial charge in [-0.25, -0.2) is 0 Å². The van der Waals surface area contributed by atoms with Crippen molar-refractivity contribution in [1.82, 2.24) is 14.6 Å². The maximum absolute atomic E-state index is 12.2. The minimum atomic E-state index is -0.334. The lowest BCUT2D eigenvalue weighted by Gasteiger charge is -2.16. The summed E-state index contributed by atoms with van der Waals surface area (Å²) in [5.74, 6) is 0.622. The van der Waals surface area contributed by atoms with Crippen LogP contribution in [0.1, 0.15) is 18.4 Å². The van der Waals surface area contributed by atoms with Gasteiger partial charge in [0.1, 0.15) is 6.54 Å². The number of pyridine rings is 1. The zero-order chi connectivity index (χ0) is 16.1. The molecule has 2 rings (SSSR count). The predicted octanol–water partition coefficient (Wildman–Crippen LogP) is 1.07. The molecule has 0 bridgehead atoms. The lowest BCUT2D eigenvalue weighted by atomic mass is 10.3. The molecule has 2 aromatic rings. The van der Waals surface area contributed by atoms with Gasteiger partial charge in [-0.15, -0.1) is 0 Å². The molecule has 0 saturated carbocycles. The molecule has 0 unspecified atom stereocenters. The third-order valence-corrected chi connectivity index (χ3v) is 3.30. The minimum Gasteiger partial charge on any atom is -0.491 e. The van der Waals surface area contributed by atoms with E-state index in [0.717, 1.165) is 12.1 Å². The topological polar surface area (TPSA) is 77.6 Å². The second-order valence-corrected chi connectivity index (χ2v) is 4.90. The van der Waals surface area contributed by atoms with Gasteiger partial charge < -0.3 is 18.7 Å². The normalized spacial score (nSPS) is 10.5. The number of rotatable bonds is 6. The quantitative estimate of drug-likeness (QED) is 0.797. The molecular formula is C15H19N3O4. The van der Waals surface area contributed by atoms with Crippen LogP contribution in [0.2, 0.25) is 0 Å². The van der Waals surface area contributed by atoms with Crippen molar-refractivity contribution < 1.29 is 14.1 Å². The van der Waals surface area contributed by atoms with E-state index < -0.39 is 0 Å². The number of aryl methyl sites for hydroxylation is 1. The van der Waals surface area contributed by atoms with Crippen LogP contribution in [0, 0.1) is 0 Å². The maximum atomic E-state index is 12.2. The molecule has 0 spiro atoms. The summed E-state index contributed by atoms with van der Waals surface area (Å²) in [5, 5.41) is 3.88. The van der Waals surface area contributed by atoms with E-state index in [1.807, 2.05) is 13.0 Å². The fourth-order valence-corrected chi connectivity index (χ4v) is 1.98. The highest BCUT2D eigenvalue weighted by Gasteiger charge is 2.14. The second-order valence-electron chi connectivity index (χ2n) is 4.90. The molecule has 0 aliphatic rings. The Kier molecular flexibility index (Phi) is 4.98. The van der Waals surface area contributed by atoms with Crippen LogP contribution in [0.5, 0.6) is 5.75 Å². The van der Waals surface area contributed by atoms with Crippen LogP contribution >= 0.6 is 0 Å². The Balaban J connectivity index is 2.04. The van der Waals surface area contributed by atoms with Gasteiger partial charge in [-0.3, -0.25) is 9.59 Å². The third kappa shape index (κ3) is 3.55. The molecule has 0 N–H and O–H groups in total. The monoisotopic (exact) mass is 305 g/mol. The molecule has 118 valence electrons. The second kappa shape index (κ2) is 6.93. The summed E-state index contributed by atoms with van der Waals surface area (Å²) in [6.07, 6.45) is 2.33. The largest absolute Gasteiger partial charge is 0.491 e. The molecule has 0 saturated heterocycles. The number of nitrogens with zero attached hydrogens (tertiary/aromatic N) is 3. The lowest BCUT2D eigenvalue weighted by Crippen LogP contribution is -2.33. The third-order valence-electron chi connectivity index (χ3n) is 3.30. The minimum absolute atomic E-state index is 0.0543. The first-order chi connectivity index (χ1) is 10.5. The molecule has 0 aliphatic heterocycles. The van der Waals surface area contributed by atoms with E-state index in [-0.39, 0.29) is 23.8 Å². The van der Waals surface area contributed by atoms with E-state index in [1.165, 1.54) is 16.6 Å². The molecule has 2 heterocycles. The smallest absolute Gasteiger partial charge is 0.293 e. The zero-order valence-electron chi connectivity index (χ0n) is 12.9. The number of hydrogen-bond acceptors (Lipinski definition) is 5.